The lowest BCUT2D eigenvalue weighted by Crippen LogP contribution is -2.39. The number of hydrogen-bond donors (Lipinski definition) is 1. The maximum absolute atomic E-state index is 13.5. The number of nitrogens with zero attached hydrogens (tertiary/aromatic N) is 5. The van der Waals surface area contributed by atoms with Crippen LogP contribution in [0.1, 0.15) is 41.0 Å². The van der Waals surface area contributed by atoms with E-state index in [2.05, 4.69) is 39.5 Å². The number of aromatic nitrogens is 3. The Morgan fingerprint density at radius 1 is 1.09 bits per heavy atom. The lowest BCUT2D eigenvalue weighted by molar-refractivity contribution is 0.0973. The predicted molar refractivity (Wildman–Crippen MR) is 126 cm³/mol. The molecule has 3 aliphatic rings. The van der Waals surface area contributed by atoms with Gasteiger partial charge < -0.3 is 10.0 Å². The monoisotopic (exact) mass is 463 g/mol. The van der Waals surface area contributed by atoms with E-state index >= 15 is 0 Å². The SMILES string of the molecule is O=C1c2c(nnn2-c2cccc(Cl)c2)CCN1c1ccc(C2(CN3CCC(O)C3)CC2)cc1. The summed E-state index contributed by atoms with van der Waals surface area (Å²) >= 11 is 6.15. The average molecular weight is 464 g/mol. The summed E-state index contributed by atoms with van der Waals surface area (Å²) in [5.41, 5.74) is 4.35. The molecule has 0 bridgehead atoms. The van der Waals surface area contributed by atoms with Crippen molar-refractivity contribution in [1.29, 1.82) is 0 Å². The molecule has 3 heterocycles. The number of anilines is 1. The first-order valence-corrected chi connectivity index (χ1v) is 11.9. The van der Waals surface area contributed by atoms with Gasteiger partial charge in [0.15, 0.2) is 5.69 Å². The van der Waals surface area contributed by atoms with E-state index in [0.717, 1.165) is 43.1 Å². The van der Waals surface area contributed by atoms with Crippen LogP contribution in [0.4, 0.5) is 5.69 Å². The van der Waals surface area contributed by atoms with Gasteiger partial charge in [-0.15, -0.1) is 5.10 Å². The molecule has 33 heavy (non-hydrogen) atoms. The molecule has 1 aromatic heterocycles. The van der Waals surface area contributed by atoms with Crippen LogP contribution in [0.25, 0.3) is 5.69 Å². The van der Waals surface area contributed by atoms with E-state index in [9.17, 15) is 9.90 Å². The van der Waals surface area contributed by atoms with Gasteiger partial charge in [-0.25, -0.2) is 4.68 Å². The van der Waals surface area contributed by atoms with Crippen LogP contribution >= 0.6 is 11.6 Å². The summed E-state index contributed by atoms with van der Waals surface area (Å²) in [7, 11) is 0. The number of amides is 1. The molecular weight excluding hydrogens is 438 g/mol. The Morgan fingerprint density at radius 2 is 1.91 bits per heavy atom. The quantitative estimate of drug-likeness (QED) is 0.628. The zero-order valence-electron chi connectivity index (χ0n) is 18.3. The molecule has 0 radical (unpaired) electrons. The first kappa shape index (κ1) is 20.8. The molecule has 1 unspecified atom stereocenters. The summed E-state index contributed by atoms with van der Waals surface area (Å²) in [5.74, 6) is -0.0961. The molecule has 1 saturated heterocycles. The van der Waals surface area contributed by atoms with E-state index in [4.69, 9.17) is 11.6 Å². The smallest absolute Gasteiger partial charge is 0.278 e. The molecule has 0 spiro atoms. The predicted octanol–water partition coefficient (Wildman–Crippen LogP) is 3.22. The van der Waals surface area contributed by atoms with E-state index in [-0.39, 0.29) is 17.4 Å². The summed E-state index contributed by atoms with van der Waals surface area (Å²) in [6.07, 6.45) is 3.69. The minimum atomic E-state index is -0.187. The van der Waals surface area contributed by atoms with Crippen LogP contribution in [-0.2, 0) is 11.8 Å². The maximum Gasteiger partial charge on any atom is 0.278 e. The zero-order chi connectivity index (χ0) is 22.6. The summed E-state index contributed by atoms with van der Waals surface area (Å²) < 4.78 is 1.59. The van der Waals surface area contributed by atoms with E-state index in [0.29, 0.717) is 23.7 Å². The van der Waals surface area contributed by atoms with Gasteiger partial charge in [0.1, 0.15) is 0 Å². The largest absolute Gasteiger partial charge is 0.392 e. The highest BCUT2D eigenvalue weighted by Gasteiger charge is 2.46. The van der Waals surface area contributed by atoms with E-state index < -0.39 is 0 Å². The van der Waals surface area contributed by atoms with Crippen molar-refractivity contribution in [1.82, 2.24) is 19.9 Å². The van der Waals surface area contributed by atoms with Crippen LogP contribution in [0.3, 0.4) is 0 Å². The molecule has 3 aromatic rings. The van der Waals surface area contributed by atoms with Crippen LogP contribution in [0, 0.1) is 0 Å². The molecule has 2 aliphatic heterocycles. The van der Waals surface area contributed by atoms with Crippen LogP contribution < -0.4 is 4.90 Å². The van der Waals surface area contributed by atoms with Gasteiger partial charge >= 0.3 is 0 Å². The second kappa shape index (κ2) is 7.94. The minimum Gasteiger partial charge on any atom is -0.392 e. The van der Waals surface area contributed by atoms with Crippen LogP contribution in [-0.4, -0.2) is 63.2 Å². The molecular formula is C25H26ClN5O2. The summed E-state index contributed by atoms with van der Waals surface area (Å²) in [5, 5.41) is 18.9. The second-order valence-electron chi connectivity index (χ2n) is 9.49. The van der Waals surface area contributed by atoms with Gasteiger partial charge in [0.25, 0.3) is 5.91 Å². The number of fused-ring (bicyclic) bond motifs is 1. The van der Waals surface area contributed by atoms with E-state index in [1.807, 2.05) is 17.0 Å². The molecule has 2 aromatic carbocycles. The lowest BCUT2D eigenvalue weighted by Gasteiger charge is -2.28. The number of aliphatic hydroxyl groups excluding tert-OH is 1. The molecule has 2 fully saturated rings. The fraction of sp³-hybridized carbons (Fsp3) is 0.400. The third kappa shape index (κ3) is 3.74. The molecule has 8 heteroatoms. The van der Waals surface area contributed by atoms with Gasteiger partial charge in [0.2, 0.25) is 0 Å². The maximum atomic E-state index is 13.5. The highest BCUT2D eigenvalue weighted by molar-refractivity contribution is 6.30. The number of carbonyl (C=O) groups is 1. The summed E-state index contributed by atoms with van der Waals surface area (Å²) in [6, 6.07) is 15.8. The first-order chi connectivity index (χ1) is 16.0. The molecule has 1 N–H and O–H groups in total. The van der Waals surface area contributed by atoms with Gasteiger partial charge in [-0.05, 0) is 55.2 Å². The van der Waals surface area contributed by atoms with E-state index in [1.165, 1.54) is 18.4 Å². The number of β-amino-alcohol motifs (C(OH)–C–C–N with tert-alkyl or cyclic N) is 1. The third-order valence-electron chi connectivity index (χ3n) is 7.23. The van der Waals surface area contributed by atoms with Crippen molar-refractivity contribution in [2.75, 3.05) is 31.1 Å². The highest BCUT2D eigenvalue weighted by Crippen LogP contribution is 2.49. The Balaban J connectivity index is 1.24. The van der Waals surface area contributed by atoms with Gasteiger partial charge in [-0.2, -0.15) is 0 Å². The number of rotatable bonds is 5. The molecule has 1 saturated carbocycles. The zero-order valence-corrected chi connectivity index (χ0v) is 19.1. The Morgan fingerprint density at radius 3 is 2.61 bits per heavy atom. The number of benzene rings is 2. The normalized spacial score (nSPS) is 21.9. The van der Waals surface area contributed by atoms with Gasteiger partial charge in [-0.1, -0.05) is 35.0 Å². The Kier molecular flexibility index (Phi) is 5.01. The number of likely N-dealkylation sites (tertiary alicyclic amines) is 1. The standard InChI is InChI=1S/C25H26ClN5O2/c26-18-2-1-3-20(14-18)31-23-22(27-28-31)9-13-30(24(23)33)19-6-4-17(5-7-19)25(10-11-25)16-29-12-8-21(32)15-29/h1-7,14,21,32H,8-13,15-16H2. The van der Waals surface area contributed by atoms with Crippen molar-refractivity contribution in [2.24, 2.45) is 0 Å². The van der Waals surface area contributed by atoms with Gasteiger partial charge in [0, 0.05) is 48.7 Å². The fourth-order valence-electron chi connectivity index (χ4n) is 5.25. The summed E-state index contributed by atoms with van der Waals surface area (Å²) in [6.45, 7) is 3.33. The lowest BCUT2D eigenvalue weighted by atomic mass is 9.94. The van der Waals surface area contributed by atoms with E-state index in [1.54, 1.807) is 16.8 Å². The van der Waals surface area contributed by atoms with Gasteiger partial charge in [-0.3, -0.25) is 9.69 Å². The molecule has 1 atom stereocenters. The minimum absolute atomic E-state index is 0.0961. The first-order valence-electron chi connectivity index (χ1n) is 11.6. The van der Waals surface area contributed by atoms with Crippen molar-refractivity contribution in [2.45, 2.75) is 37.2 Å². The van der Waals surface area contributed by atoms with Crippen molar-refractivity contribution >= 4 is 23.2 Å². The second-order valence-corrected chi connectivity index (χ2v) is 9.92. The third-order valence-corrected chi connectivity index (χ3v) is 7.47. The van der Waals surface area contributed by atoms with Gasteiger partial charge in [0.05, 0.1) is 17.5 Å². The van der Waals surface area contributed by atoms with Crippen molar-refractivity contribution in [3.05, 3.63) is 70.5 Å². The van der Waals surface area contributed by atoms with Crippen molar-refractivity contribution in [3.63, 3.8) is 0 Å². The highest BCUT2D eigenvalue weighted by atomic mass is 35.5. The molecule has 170 valence electrons. The molecule has 1 aliphatic carbocycles. The number of halogens is 1. The summed E-state index contributed by atoms with van der Waals surface area (Å²) in [4.78, 5) is 17.7. The Labute approximate surface area is 197 Å². The molecule has 6 rings (SSSR count). The average Bonchev–Trinajstić information content (AvgIpc) is 3.27. The fourth-order valence-corrected chi connectivity index (χ4v) is 5.43. The van der Waals surface area contributed by atoms with Crippen LogP contribution in [0.2, 0.25) is 5.02 Å². The Hall–Kier alpha value is -2.74. The van der Waals surface area contributed by atoms with Crippen molar-refractivity contribution in [3.8, 4) is 5.69 Å². The van der Waals surface area contributed by atoms with Crippen LogP contribution in [0.15, 0.2) is 48.5 Å². The van der Waals surface area contributed by atoms with Crippen molar-refractivity contribution < 1.29 is 9.90 Å². The molecule has 7 nitrogen and oxygen atoms in total. The van der Waals surface area contributed by atoms with Crippen LogP contribution in [0.5, 0.6) is 0 Å². The molecule has 1 amide bonds. The Bertz CT molecular complexity index is 1200. The number of aliphatic hydroxyl groups is 1. The topological polar surface area (TPSA) is 74.5 Å². The number of carbonyl (C=O) groups excluding carboxylic acids is 1. The number of hydrogen-bond acceptors (Lipinski definition) is 5.